The Balaban J connectivity index is 1.49. The molecule has 3 aromatic heterocycles. The molecule has 3 heterocycles. The van der Waals surface area contributed by atoms with Crippen LogP contribution in [-0.2, 0) is 17.9 Å². The summed E-state index contributed by atoms with van der Waals surface area (Å²) in [6, 6.07) is 13.9. The van der Waals surface area contributed by atoms with Crippen LogP contribution in [0.15, 0.2) is 48.7 Å². The monoisotopic (exact) mass is 392 g/mol. The lowest BCUT2D eigenvalue weighted by molar-refractivity contribution is -0.121. The van der Waals surface area contributed by atoms with Gasteiger partial charge < -0.3 is 9.72 Å². The third-order valence-electron chi connectivity index (χ3n) is 4.55. The summed E-state index contributed by atoms with van der Waals surface area (Å²) < 4.78 is 4.12. The fourth-order valence-electron chi connectivity index (χ4n) is 3.14. The second kappa shape index (κ2) is 7.40. The molecule has 0 fully saturated rings. The number of fused-ring (bicyclic) bond motifs is 1. The molecule has 0 radical (unpaired) electrons. The Hall–Kier alpha value is -3.26. The standard InChI is InChI=1S/C20H20N6OS/c1-13-5-3-7-15(9-13)19-23-24-20(28)26(19)12-18(27)21-10-16-11-25-14(2)6-4-8-17(25)22-16/h3-9,11H,10,12H2,1-2H3,(H,21,27)(H,24,28). The Morgan fingerprint density at radius 1 is 1.21 bits per heavy atom. The van der Waals surface area contributed by atoms with Gasteiger partial charge in [-0.2, -0.15) is 5.10 Å². The number of nitrogens with zero attached hydrogens (tertiary/aromatic N) is 4. The highest BCUT2D eigenvalue weighted by Gasteiger charge is 2.13. The van der Waals surface area contributed by atoms with Crippen molar-refractivity contribution in [2.45, 2.75) is 26.9 Å². The highest BCUT2D eigenvalue weighted by atomic mass is 32.1. The molecule has 1 aromatic carbocycles. The van der Waals surface area contributed by atoms with E-state index in [2.05, 4.69) is 20.5 Å². The van der Waals surface area contributed by atoms with Gasteiger partial charge in [0, 0.05) is 17.5 Å². The van der Waals surface area contributed by atoms with E-state index in [1.807, 2.05) is 66.9 Å². The van der Waals surface area contributed by atoms with Crippen molar-refractivity contribution in [2.75, 3.05) is 0 Å². The van der Waals surface area contributed by atoms with Crippen LogP contribution in [-0.4, -0.2) is 30.1 Å². The summed E-state index contributed by atoms with van der Waals surface area (Å²) in [5, 5.41) is 9.98. The molecule has 7 nitrogen and oxygen atoms in total. The van der Waals surface area contributed by atoms with Gasteiger partial charge in [0.15, 0.2) is 10.6 Å². The summed E-state index contributed by atoms with van der Waals surface area (Å²) in [5.41, 5.74) is 4.79. The molecular weight excluding hydrogens is 372 g/mol. The maximum Gasteiger partial charge on any atom is 0.240 e. The number of amides is 1. The number of hydrogen-bond donors (Lipinski definition) is 2. The van der Waals surface area contributed by atoms with Crippen molar-refractivity contribution in [3.63, 3.8) is 0 Å². The number of nitrogens with one attached hydrogen (secondary N) is 2. The van der Waals surface area contributed by atoms with Gasteiger partial charge in [-0.1, -0.05) is 29.8 Å². The number of carbonyl (C=O) groups excluding carboxylic acids is 1. The first-order valence-electron chi connectivity index (χ1n) is 8.94. The van der Waals surface area contributed by atoms with E-state index >= 15 is 0 Å². The van der Waals surface area contributed by atoms with E-state index in [1.165, 1.54) is 0 Å². The van der Waals surface area contributed by atoms with E-state index < -0.39 is 0 Å². The molecule has 142 valence electrons. The number of benzene rings is 1. The molecule has 0 atom stereocenters. The predicted octanol–water partition coefficient (Wildman–Crippen LogP) is 3.19. The number of aryl methyl sites for hydroxylation is 2. The summed E-state index contributed by atoms with van der Waals surface area (Å²) in [6.07, 6.45) is 1.94. The lowest BCUT2D eigenvalue weighted by atomic mass is 10.1. The molecule has 28 heavy (non-hydrogen) atoms. The summed E-state index contributed by atoms with van der Waals surface area (Å²) in [4.78, 5) is 17.1. The van der Waals surface area contributed by atoms with Crippen molar-refractivity contribution < 1.29 is 4.79 Å². The number of aromatic amines is 1. The minimum absolute atomic E-state index is 0.0883. The van der Waals surface area contributed by atoms with Gasteiger partial charge in [-0.15, -0.1) is 0 Å². The van der Waals surface area contributed by atoms with Crippen molar-refractivity contribution in [1.29, 1.82) is 0 Å². The summed E-state index contributed by atoms with van der Waals surface area (Å²) in [5.74, 6) is 0.493. The maximum absolute atomic E-state index is 12.5. The van der Waals surface area contributed by atoms with Gasteiger partial charge in [0.05, 0.1) is 12.2 Å². The normalized spacial score (nSPS) is 11.1. The first kappa shape index (κ1) is 18.1. The minimum atomic E-state index is -0.153. The number of rotatable bonds is 5. The van der Waals surface area contributed by atoms with Gasteiger partial charge in [0.1, 0.15) is 12.2 Å². The smallest absolute Gasteiger partial charge is 0.240 e. The van der Waals surface area contributed by atoms with Gasteiger partial charge in [0.2, 0.25) is 5.91 Å². The van der Waals surface area contributed by atoms with Crippen LogP contribution in [0.1, 0.15) is 17.0 Å². The van der Waals surface area contributed by atoms with Crippen LogP contribution in [0.25, 0.3) is 17.0 Å². The molecule has 4 rings (SSSR count). The van der Waals surface area contributed by atoms with Gasteiger partial charge >= 0.3 is 0 Å². The Morgan fingerprint density at radius 2 is 2.04 bits per heavy atom. The molecule has 0 aliphatic carbocycles. The lowest BCUT2D eigenvalue weighted by Crippen LogP contribution is -2.27. The zero-order valence-electron chi connectivity index (χ0n) is 15.6. The molecule has 0 bridgehead atoms. The van der Waals surface area contributed by atoms with E-state index in [-0.39, 0.29) is 12.5 Å². The number of aromatic nitrogens is 5. The predicted molar refractivity (Wildman–Crippen MR) is 109 cm³/mol. The van der Waals surface area contributed by atoms with Crippen molar-refractivity contribution in [1.82, 2.24) is 29.5 Å². The third-order valence-corrected chi connectivity index (χ3v) is 4.86. The van der Waals surface area contributed by atoms with Crippen molar-refractivity contribution in [3.05, 3.63) is 70.4 Å². The second-order valence-electron chi connectivity index (χ2n) is 6.71. The molecule has 1 amide bonds. The fourth-order valence-corrected chi connectivity index (χ4v) is 3.34. The molecular formula is C20H20N6OS. The van der Waals surface area contributed by atoms with Gasteiger partial charge in [-0.05, 0) is 44.3 Å². The molecule has 0 unspecified atom stereocenters. The minimum Gasteiger partial charge on any atom is -0.349 e. The molecule has 0 saturated heterocycles. The Morgan fingerprint density at radius 3 is 2.82 bits per heavy atom. The first-order valence-corrected chi connectivity index (χ1v) is 9.34. The van der Waals surface area contributed by atoms with Gasteiger partial charge in [-0.3, -0.25) is 14.5 Å². The summed E-state index contributed by atoms with van der Waals surface area (Å²) in [6.45, 7) is 4.47. The van der Waals surface area contributed by atoms with Crippen molar-refractivity contribution in [3.8, 4) is 11.4 Å². The SMILES string of the molecule is Cc1cccc(-c2n[nH]c(=S)n2CC(=O)NCc2cn3c(C)cccc3n2)c1. The van der Waals surface area contributed by atoms with Crippen LogP contribution in [0.4, 0.5) is 0 Å². The van der Waals surface area contributed by atoms with E-state index in [4.69, 9.17) is 12.2 Å². The lowest BCUT2D eigenvalue weighted by Gasteiger charge is -2.08. The maximum atomic E-state index is 12.5. The highest BCUT2D eigenvalue weighted by molar-refractivity contribution is 7.71. The summed E-state index contributed by atoms with van der Waals surface area (Å²) in [7, 11) is 0. The van der Waals surface area contributed by atoms with Crippen LogP contribution < -0.4 is 5.32 Å². The molecule has 2 N–H and O–H groups in total. The van der Waals surface area contributed by atoms with Crippen LogP contribution in [0.2, 0.25) is 0 Å². The molecule has 0 aliphatic heterocycles. The van der Waals surface area contributed by atoms with Gasteiger partial charge in [-0.25, -0.2) is 4.98 Å². The van der Waals surface area contributed by atoms with E-state index in [0.29, 0.717) is 17.1 Å². The fraction of sp³-hybridized carbons (Fsp3) is 0.200. The number of imidazole rings is 1. The van der Waals surface area contributed by atoms with Crippen LogP contribution in [0, 0.1) is 18.6 Å². The quantitative estimate of drug-likeness (QED) is 0.511. The molecule has 0 aliphatic rings. The zero-order valence-corrected chi connectivity index (χ0v) is 16.5. The van der Waals surface area contributed by atoms with E-state index in [9.17, 15) is 4.79 Å². The summed E-state index contributed by atoms with van der Waals surface area (Å²) >= 11 is 5.31. The van der Waals surface area contributed by atoms with E-state index in [1.54, 1.807) is 4.57 Å². The highest BCUT2D eigenvalue weighted by Crippen LogP contribution is 2.18. The molecule has 8 heteroatoms. The average molecular weight is 392 g/mol. The Kier molecular flexibility index (Phi) is 4.79. The third kappa shape index (κ3) is 3.59. The first-order chi connectivity index (χ1) is 13.5. The number of H-pyrrole nitrogens is 1. The molecule has 0 saturated carbocycles. The number of pyridine rings is 1. The Labute approximate surface area is 167 Å². The average Bonchev–Trinajstić information content (AvgIpc) is 3.25. The zero-order chi connectivity index (χ0) is 19.7. The Bertz CT molecular complexity index is 1220. The number of carbonyl (C=O) groups is 1. The number of hydrogen-bond acceptors (Lipinski definition) is 4. The second-order valence-corrected chi connectivity index (χ2v) is 7.10. The van der Waals surface area contributed by atoms with Crippen LogP contribution >= 0.6 is 12.2 Å². The molecule has 0 spiro atoms. The van der Waals surface area contributed by atoms with Crippen molar-refractivity contribution >= 4 is 23.8 Å². The molecule has 4 aromatic rings. The van der Waals surface area contributed by atoms with Crippen LogP contribution in [0.3, 0.4) is 0 Å². The van der Waals surface area contributed by atoms with E-state index in [0.717, 1.165) is 28.2 Å². The van der Waals surface area contributed by atoms with Crippen molar-refractivity contribution in [2.24, 2.45) is 0 Å². The van der Waals surface area contributed by atoms with Crippen LogP contribution in [0.5, 0.6) is 0 Å². The topological polar surface area (TPSA) is 80.0 Å². The largest absolute Gasteiger partial charge is 0.349 e. The van der Waals surface area contributed by atoms with Gasteiger partial charge in [0.25, 0.3) is 0 Å².